The van der Waals surface area contributed by atoms with Crippen LogP contribution >= 0.6 is 35.0 Å². The summed E-state index contributed by atoms with van der Waals surface area (Å²) in [5.41, 5.74) is 1.72. The molecule has 1 amide bonds. The molecule has 1 unspecified atom stereocenters. The van der Waals surface area contributed by atoms with E-state index in [9.17, 15) is 14.0 Å². The molecule has 1 aromatic heterocycles. The number of ether oxygens (including phenoxy) is 1. The highest BCUT2D eigenvalue weighted by Crippen LogP contribution is 2.45. The van der Waals surface area contributed by atoms with Crippen molar-refractivity contribution in [3.05, 3.63) is 63.3 Å². The van der Waals surface area contributed by atoms with Crippen LogP contribution in [0.15, 0.2) is 46.6 Å². The van der Waals surface area contributed by atoms with Gasteiger partial charge in [-0.25, -0.2) is 9.18 Å². The third-order valence-electron chi connectivity index (χ3n) is 7.00. The number of nitrogens with zero attached hydrogens (tertiary/aromatic N) is 4. The van der Waals surface area contributed by atoms with E-state index in [1.165, 1.54) is 12.1 Å². The molecule has 1 fully saturated rings. The van der Waals surface area contributed by atoms with Crippen LogP contribution in [0, 0.1) is 5.82 Å². The summed E-state index contributed by atoms with van der Waals surface area (Å²) in [4.78, 5) is 34.7. The van der Waals surface area contributed by atoms with Crippen LogP contribution < -0.4 is 15.9 Å². The fourth-order valence-electron chi connectivity index (χ4n) is 5.05. The van der Waals surface area contributed by atoms with Gasteiger partial charge in [-0.3, -0.25) is 9.36 Å². The first-order chi connectivity index (χ1) is 18.8. The Hall–Kier alpha value is -2.63. The van der Waals surface area contributed by atoms with Crippen molar-refractivity contribution in [2.75, 3.05) is 57.1 Å². The van der Waals surface area contributed by atoms with Gasteiger partial charge in [0.05, 0.1) is 22.2 Å². The lowest BCUT2D eigenvalue weighted by molar-refractivity contribution is -0.126. The highest BCUT2D eigenvalue weighted by atomic mass is 35.5. The molecule has 12 heteroatoms. The van der Waals surface area contributed by atoms with E-state index in [4.69, 9.17) is 27.9 Å². The Balaban J connectivity index is 1.66. The molecule has 2 aromatic carbocycles. The number of thioether (sulfide) groups is 1. The number of halogens is 3. The van der Waals surface area contributed by atoms with Crippen LogP contribution in [0.4, 0.5) is 10.2 Å². The van der Waals surface area contributed by atoms with Crippen LogP contribution in [0.1, 0.15) is 0 Å². The number of aromatic nitrogens is 2. The van der Waals surface area contributed by atoms with Crippen LogP contribution in [0.2, 0.25) is 10.0 Å². The van der Waals surface area contributed by atoms with E-state index in [1.54, 1.807) is 40.5 Å². The number of hydrogen-bond acceptors (Lipinski definition) is 7. The Morgan fingerprint density at radius 2 is 2.03 bits per heavy atom. The van der Waals surface area contributed by atoms with E-state index >= 15 is 0 Å². The summed E-state index contributed by atoms with van der Waals surface area (Å²) in [6, 6.07) is 6.32. The van der Waals surface area contributed by atoms with Crippen molar-refractivity contribution in [1.29, 1.82) is 0 Å². The first kappa shape index (κ1) is 27.9. The lowest BCUT2D eigenvalue weighted by Crippen LogP contribution is -2.49. The van der Waals surface area contributed by atoms with Crippen molar-refractivity contribution in [1.82, 2.24) is 19.8 Å². The predicted octanol–water partition coefficient (Wildman–Crippen LogP) is 4.05. The van der Waals surface area contributed by atoms with E-state index in [1.807, 2.05) is 11.0 Å². The second-order valence-electron chi connectivity index (χ2n) is 9.39. The Kier molecular flexibility index (Phi) is 8.49. The number of benzene rings is 2. The lowest BCUT2D eigenvalue weighted by Gasteiger charge is -2.35. The Morgan fingerprint density at radius 3 is 2.72 bits per heavy atom. The first-order valence-corrected chi connectivity index (χ1v) is 14.3. The van der Waals surface area contributed by atoms with Crippen LogP contribution in [0.25, 0.3) is 22.0 Å². The molecule has 39 heavy (non-hydrogen) atoms. The van der Waals surface area contributed by atoms with Gasteiger partial charge in [0.2, 0.25) is 5.91 Å². The normalized spacial score (nSPS) is 17.4. The number of methoxy groups -OCH3 is 1. The zero-order chi connectivity index (χ0) is 27.7. The number of hydrogen-bond donors (Lipinski definition) is 1. The van der Waals surface area contributed by atoms with Gasteiger partial charge < -0.3 is 19.9 Å². The number of amides is 1. The van der Waals surface area contributed by atoms with Crippen molar-refractivity contribution in [2.45, 2.75) is 17.5 Å². The number of nitrogens with one attached hydrogen (secondary N) is 1. The van der Waals surface area contributed by atoms with Gasteiger partial charge in [-0.2, -0.15) is 4.98 Å². The second-order valence-corrected chi connectivity index (χ2v) is 11.2. The quantitative estimate of drug-likeness (QED) is 0.328. The van der Waals surface area contributed by atoms with E-state index in [2.05, 4.69) is 16.9 Å². The highest BCUT2D eigenvalue weighted by molar-refractivity contribution is 7.99. The molecule has 1 atom stereocenters. The fraction of sp³-hybridized carbons (Fsp3) is 0.370. The van der Waals surface area contributed by atoms with Gasteiger partial charge in [0.25, 0.3) is 0 Å². The molecule has 2 aliphatic heterocycles. The number of piperazine rings is 1. The highest BCUT2D eigenvalue weighted by Gasteiger charge is 2.29. The van der Waals surface area contributed by atoms with Crippen LogP contribution in [-0.4, -0.2) is 78.6 Å². The maximum absolute atomic E-state index is 14.0. The molecule has 2 aliphatic rings. The summed E-state index contributed by atoms with van der Waals surface area (Å²) in [5, 5.41) is 4.66. The zero-order valence-corrected chi connectivity index (χ0v) is 23.7. The average Bonchev–Trinajstić information content (AvgIpc) is 3.13. The van der Waals surface area contributed by atoms with E-state index in [0.29, 0.717) is 73.6 Å². The maximum atomic E-state index is 14.0. The number of rotatable bonds is 7. The van der Waals surface area contributed by atoms with Gasteiger partial charge in [0, 0.05) is 74.0 Å². The SMILES string of the molecule is C=CC(=O)N1CCN(c2nc(=O)n3c4c(c(-c5ccc(F)c(Cl)c5)c(Cl)cc24)SCC(NCCOC)C3)CC1. The molecule has 0 spiro atoms. The third-order valence-corrected chi connectivity index (χ3v) is 8.84. The topological polar surface area (TPSA) is 79.7 Å². The summed E-state index contributed by atoms with van der Waals surface area (Å²) in [6.45, 7) is 7.18. The number of anilines is 1. The standard InChI is InChI=1S/C27H28Cl2FN5O3S/c1-3-22(36)33-7-9-34(10-8-33)26-18-13-20(29)23(16-4-5-21(30)19(28)12-16)25-24(18)35(27(37)32-26)14-17(15-39-25)31-6-11-38-2/h3-5,12-13,17,31H,1,6-11,14-15H2,2H3. The van der Waals surface area contributed by atoms with E-state index in [0.717, 1.165) is 15.8 Å². The van der Waals surface area contributed by atoms with Crippen molar-refractivity contribution < 1.29 is 13.9 Å². The molecule has 0 bridgehead atoms. The summed E-state index contributed by atoms with van der Waals surface area (Å²) in [6.07, 6.45) is 1.31. The number of carbonyl (C=O) groups is 1. The Bertz CT molecular complexity index is 1490. The maximum Gasteiger partial charge on any atom is 0.350 e. The summed E-state index contributed by atoms with van der Waals surface area (Å²) >= 11 is 14.7. The second kappa shape index (κ2) is 11.9. The van der Waals surface area contributed by atoms with Gasteiger partial charge >= 0.3 is 5.69 Å². The van der Waals surface area contributed by atoms with Crippen LogP contribution in [0.5, 0.6) is 0 Å². The zero-order valence-electron chi connectivity index (χ0n) is 21.4. The molecule has 1 saturated heterocycles. The van der Waals surface area contributed by atoms with Gasteiger partial charge in [-0.1, -0.05) is 35.8 Å². The monoisotopic (exact) mass is 591 g/mol. The molecule has 3 heterocycles. The van der Waals surface area contributed by atoms with Gasteiger partial charge in [-0.05, 0) is 29.8 Å². The Labute approximate surface area is 239 Å². The minimum atomic E-state index is -0.518. The summed E-state index contributed by atoms with van der Waals surface area (Å²) in [5.74, 6) is 0.566. The lowest BCUT2D eigenvalue weighted by atomic mass is 10.0. The minimum absolute atomic E-state index is 0.00616. The van der Waals surface area contributed by atoms with Gasteiger partial charge in [0.1, 0.15) is 11.6 Å². The predicted molar refractivity (Wildman–Crippen MR) is 155 cm³/mol. The summed E-state index contributed by atoms with van der Waals surface area (Å²) < 4.78 is 20.9. The molecule has 8 nitrogen and oxygen atoms in total. The molecule has 5 rings (SSSR count). The van der Waals surface area contributed by atoms with Crippen molar-refractivity contribution in [2.24, 2.45) is 0 Å². The van der Waals surface area contributed by atoms with Crippen molar-refractivity contribution in [3.8, 4) is 11.1 Å². The van der Waals surface area contributed by atoms with Gasteiger partial charge in [0.15, 0.2) is 0 Å². The van der Waals surface area contributed by atoms with Gasteiger partial charge in [-0.15, -0.1) is 11.8 Å². The van der Waals surface area contributed by atoms with Crippen LogP contribution in [0.3, 0.4) is 0 Å². The van der Waals surface area contributed by atoms with E-state index in [-0.39, 0.29) is 22.7 Å². The molecular weight excluding hydrogens is 564 g/mol. The van der Waals surface area contributed by atoms with Crippen molar-refractivity contribution >= 4 is 57.6 Å². The Morgan fingerprint density at radius 1 is 1.26 bits per heavy atom. The molecule has 1 N–H and O–H groups in total. The van der Waals surface area contributed by atoms with Crippen molar-refractivity contribution in [3.63, 3.8) is 0 Å². The molecule has 0 saturated carbocycles. The smallest absolute Gasteiger partial charge is 0.350 e. The average molecular weight is 593 g/mol. The molecule has 3 aromatic rings. The fourth-order valence-corrected chi connectivity index (χ4v) is 6.92. The first-order valence-electron chi connectivity index (χ1n) is 12.6. The molecule has 206 valence electrons. The van der Waals surface area contributed by atoms with E-state index < -0.39 is 5.82 Å². The minimum Gasteiger partial charge on any atom is -0.383 e. The molecule has 0 aliphatic carbocycles. The summed E-state index contributed by atoms with van der Waals surface area (Å²) in [7, 11) is 1.64. The molecular formula is C27H28Cl2FN5O3S. The largest absolute Gasteiger partial charge is 0.383 e. The number of carbonyl (C=O) groups excluding carboxylic acids is 1. The molecule has 0 radical (unpaired) electrons. The third kappa shape index (κ3) is 5.53. The van der Waals surface area contributed by atoms with Crippen LogP contribution in [-0.2, 0) is 16.1 Å².